The molecule has 0 aromatic carbocycles. The number of ether oxygens (including phenoxy) is 1. The average molecular weight is 416 g/mol. The van der Waals surface area contributed by atoms with E-state index in [9.17, 15) is 4.79 Å². The van der Waals surface area contributed by atoms with Gasteiger partial charge in [-0.25, -0.2) is 4.98 Å². The van der Waals surface area contributed by atoms with Crippen LogP contribution in [0.4, 0.5) is 0 Å². The topological polar surface area (TPSA) is 47.4 Å². The number of hydrogen-bond donors (Lipinski definition) is 0. The van der Waals surface area contributed by atoms with E-state index in [1.54, 1.807) is 22.7 Å². The molecule has 28 heavy (non-hydrogen) atoms. The highest BCUT2D eigenvalue weighted by atomic mass is 32.1. The normalized spacial score (nSPS) is 20.9. The summed E-state index contributed by atoms with van der Waals surface area (Å²) < 4.78 is 7.77. The molecule has 2 aliphatic heterocycles. The van der Waals surface area contributed by atoms with Crippen LogP contribution in [0.15, 0.2) is 27.7 Å². The third-order valence-corrected chi connectivity index (χ3v) is 7.56. The largest absolute Gasteiger partial charge is 0.376 e. The highest BCUT2D eigenvalue weighted by Crippen LogP contribution is 2.34. The van der Waals surface area contributed by atoms with E-state index in [1.165, 1.54) is 19.3 Å². The zero-order valence-corrected chi connectivity index (χ0v) is 17.6. The molecular weight excluding hydrogens is 390 g/mol. The Morgan fingerprint density at radius 3 is 2.82 bits per heavy atom. The van der Waals surface area contributed by atoms with E-state index in [1.807, 2.05) is 10.6 Å². The van der Waals surface area contributed by atoms with Crippen molar-refractivity contribution in [3.8, 4) is 10.4 Å². The van der Waals surface area contributed by atoms with Crippen molar-refractivity contribution >= 4 is 32.9 Å². The van der Waals surface area contributed by atoms with E-state index in [0.717, 1.165) is 65.6 Å². The smallest absolute Gasteiger partial charge is 0.263 e. The lowest BCUT2D eigenvalue weighted by Crippen LogP contribution is -2.35. The van der Waals surface area contributed by atoms with Crippen LogP contribution in [0.1, 0.15) is 37.9 Å². The van der Waals surface area contributed by atoms with E-state index < -0.39 is 0 Å². The van der Waals surface area contributed by atoms with Gasteiger partial charge in [-0.3, -0.25) is 14.3 Å². The quantitative estimate of drug-likeness (QED) is 0.622. The molecular formula is C21H25N3O2S2. The Balaban J connectivity index is 1.59. The molecule has 0 saturated carbocycles. The van der Waals surface area contributed by atoms with E-state index in [0.29, 0.717) is 6.54 Å². The molecule has 5 rings (SSSR count). The summed E-state index contributed by atoms with van der Waals surface area (Å²) in [5, 5.41) is 4.92. The van der Waals surface area contributed by atoms with Crippen LogP contribution >= 0.6 is 22.7 Å². The molecule has 5 nitrogen and oxygen atoms in total. The Bertz CT molecular complexity index is 997. The maximum absolute atomic E-state index is 13.6. The number of nitrogens with zero attached hydrogens (tertiary/aromatic N) is 3. The molecule has 0 radical (unpaired) electrons. The summed E-state index contributed by atoms with van der Waals surface area (Å²) >= 11 is 3.26. The summed E-state index contributed by atoms with van der Waals surface area (Å²) in [6, 6.07) is 4.12. The van der Waals surface area contributed by atoms with Crippen molar-refractivity contribution in [2.75, 3.05) is 19.7 Å². The van der Waals surface area contributed by atoms with Crippen LogP contribution in [-0.4, -0.2) is 40.3 Å². The molecule has 2 fully saturated rings. The number of fused-ring (bicyclic) bond motifs is 1. The van der Waals surface area contributed by atoms with Gasteiger partial charge in [0.25, 0.3) is 5.56 Å². The van der Waals surface area contributed by atoms with Gasteiger partial charge in [0.05, 0.1) is 24.6 Å². The minimum atomic E-state index is 0.0946. The van der Waals surface area contributed by atoms with Crippen molar-refractivity contribution in [2.45, 2.75) is 51.3 Å². The van der Waals surface area contributed by atoms with Gasteiger partial charge in [0.1, 0.15) is 10.7 Å². The lowest BCUT2D eigenvalue weighted by Gasteiger charge is -2.27. The first kappa shape index (κ1) is 18.5. The lowest BCUT2D eigenvalue weighted by atomic mass is 10.1. The number of likely N-dealkylation sites (tertiary alicyclic amines) is 1. The van der Waals surface area contributed by atoms with Crippen molar-refractivity contribution < 1.29 is 4.74 Å². The summed E-state index contributed by atoms with van der Waals surface area (Å²) in [5.41, 5.74) is 1.12. The lowest BCUT2D eigenvalue weighted by molar-refractivity contribution is 0.0939. The molecule has 1 atom stereocenters. The van der Waals surface area contributed by atoms with Crippen LogP contribution in [0, 0.1) is 0 Å². The number of aromatic nitrogens is 2. The van der Waals surface area contributed by atoms with E-state index in [2.05, 4.69) is 21.7 Å². The number of hydrogen-bond acceptors (Lipinski definition) is 6. The summed E-state index contributed by atoms with van der Waals surface area (Å²) in [4.78, 5) is 23.1. The predicted octanol–water partition coefficient (Wildman–Crippen LogP) is 4.35. The maximum atomic E-state index is 13.6. The first-order valence-corrected chi connectivity index (χ1v) is 11.9. The molecule has 2 saturated heterocycles. The van der Waals surface area contributed by atoms with Gasteiger partial charge in [0.15, 0.2) is 0 Å². The molecule has 0 spiro atoms. The van der Waals surface area contributed by atoms with Crippen molar-refractivity contribution in [2.24, 2.45) is 0 Å². The summed E-state index contributed by atoms with van der Waals surface area (Å²) in [5.74, 6) is 0.898. The zero-order chi connectivity index (χ0) is 18.9. The third-order valence-electron chi connectivity index (χ3n) is 5.78. The van der Waals surface area contributed by atoms with Gasteiger partial charge >= 0.3 is 0 Å². The van der Waals surface area contributed by atoms with Gasteiger partial charge in [-0.15, -0.1) is 22.7 Å². The highest BCUT2D eigenvalue weighted by molar-refractivity contribution is 7.18. The highest BCUT2D eigenvalue weighted by Gasteiger charge is 2.23. The van der Waals surface area contributed by atoms with Crippen molar-refractivity contribution in [1.82, 2.24) is 14.5 Å². The van der Waals surface area contributed by atoms with Crippen LogP contribution in [0.25, 0.3) is 20.7 Å². The Morgan fingerprint density at radius 1 is 1.18 bits per heavy atom. The van der Waals surface area contributed by atoms with E-state index in [-0.39, 0.29) is 11.7 Å². The van der Waals surface area contributed by atoms with Crippen LogP contribution in [0.2, 0.25) is 0 Å². The molecule has 0 bridgehead atoms. The van der Waals surface area contributed by atoms with Crippen molar-refractivity contribution in [3.05, 3.63) is 39.1 Å². The molecule has 0 unspecified atom stereocenters. The molecule has 0 N–H and O–H groups in total. The van der Waals surface area contributed by atoms with Crippen LogP contribution < -0.4 is 5.56 Å². The minimum Gasteiger partial charge on any atom is -0.376 e. The number of rotatable bonds is 5. The number of piperidine rings is 1. The zero-order valence-electron chi connectivity index (χ0n) is 15.9. The molecule has 0 aliphatic carbocycles. The summed E-state index contributed by atoms with van der Waals surface area (Å²) in [6.45, 7) is 4.36. The minimum absolute atomic E-state index is 0.0946. The summed E-state index contributed by atoms with van der Waals surface area (Å²) in [7, 11) is 0. The fourth-order valence-electron chi connectivity index (χ4n) is 4.30. The van der Waals surface area contributed by atoms with Crippen molar-refractivity contribution in [3.63, 3.8) is 0 Å². The molecule has 148 valence electrons. The second-order valence-corrected chi connectivity index (χ2v) is 9.53. The van der Waals surface area contributed by atoms with Gasteiger partial charge in [0, 0.05) is 22.4 Å². The Hall–Kier alpha value is -1.54. The third kappa shape index (κ3) is 3.56. The standard InChI is InChI=1S/C21H25N3O2S2/c25-21-19-16(17-7-5-11-27-17)14-28-20(19)22-18(13-23-8-2-1-3-9-23)24(21)12-15-6-4-10-26-15/h5,7,11,14-15H,1-4,6,8-10,12-13H2/t15-/m1/s1. The van der Waals surface area contributed by atoms with Gasteiger partial charge in [0.2, 0.25) is 0 Å². The molecule has 5 heterocycles. The van der Waals surface area contributed by atoms with Gasteiger partial charge in [-0.1, -0.05) is 12.5 Å². The van der Waals surface area contributed by atoms with Crippen molar-refractivity contribution in [1.29, 1.82) is 0 Å². The van der Waals surface area contributed by atoms with E-state index in [4.69, 9.17) is 9.72 Å². The first-order chi connectivity index (χ1) is 13.8. The molecule has 0 amide bonds. The van der Waals surface area contributed by atoms with Crippen LogP contribution in [0.3, 0.4) is 0 Å². The van der Waals surface area contributed by atoms with E-state index >= 15 is 0 Å². The molecule has 7 heteroatoms. The second-order valence-electron chi connectivity index (χ2n) is 7.72. The fourth-order valence-corrected chi connectivity index (χ4v) is 6.07. The molecule has 3 aromatic heterocycles. The monoisotopic (exact) mass is 415 g/mol. The fraction of sp³-hybridized carbons (Fsp3) is 0.524. The SMILES string of the molecule is O=c1c2c(-c3cccs3)csc2nc(CN2CCCCC2)n1C[C@H]1CCCO1. The van der Waals surface area contributed by atoms with Crippen LogP contribution in [0.5, 0.6) is 0 Å². The average Bonchev–Trinajstić information content (AvgIpc) is 3.46. The molecule has 2 aliphatic rings. The molecule has 3 aromatic rings. The first-order valence-electron chi connectivity index (χ1n) is 10.2. The predicted molar refractivity (Wildman–Crippen MR) is 115 cm³/mol. The second kappa shape index (κ2) is 8.06. The summed E-state index contributed by atoms with van der Waals surface area (Å²) in [6.07, 6.45) is 6.01. The van der Waals surface area contributed by atoms with Gasteiger partial charge in [-0.05, 0) is 50.2 Å². The Morgan fingerprint density at radius 2 is 2.07 bits per heavy atom. The Kier molecular flexibility index (Phi) is 5.32. The Labute approximate surface area is 172 Å². The van der Waals surface area contributed by atoms with Gasteiger partial charge in [-0.2, -0.15) is 0 Å². The number of thiophene rings is 2. The maximum Gasteiger partial charge on any atom is 0.263 e. The van der Waals surface area contributed by atoms with Gasteiger partial charge < -0.3 is 4.74 Å². The van der Waals surface area contributed by atoms with Crippen LogP contribution in [-0.2, 0) is 17.8 Å².